The third kappa shape index (κ3) is 3.33. The van der Waals surface area contributed by atoms with E-state index < -0.39 is 0 Å². The Hall–Kier alpha value is -2.52. The minimum Gasteiger partial charge on any atom is -0.439 e. The average molecular weight is 279 g/mol. The van der Waals surface area contributed by atoms with Gasteiger partial charge in [-0.2, -0.15) is 0 Å². The van der Waals surface area contributed by atoms with Crippen molar-refractivity contribution in [1.29, 1.82) is 0 Å². The second-order valence-electron chi connectivity index (χ2n) is 4.62. The van der Waals surface area contributed by atoms with Crippen LogP contribution in [0.25, 0.3) is 4.85 Å². The average Bonchev–Trinajstić information content (AvgIpc) is 2.49. The van der Waals surface area contributed by atoms with Crippen molar-refractivity contribution in [3.63, 3.8) is 0 Å². The van der Waals surface area contributed by atoms with E-state index in [1.54, 1.807) is 35.2 Å². The summed E-state index contributed by atoms with van der Waals surface area (Å²) in [6, 6.07) is 8.33. The van der Waals surface area contributed by atoms with Crippen LogP contribution in [0.15, 0.2) is 30.3 Å². The Bertz CT molecular complexity index is 696. The lowest BCUT2D eigenvalue weighted by Gasteiger charge is -2.15. The van der Waals surface area contributed by atoms with Gasteiger partial charge in [0.2, 0.25) is 11.6 Å². The molecular weight excluding hydrogens is 265 g/mol. The minimum absolute atomic E-state index is 0.157. The Morgan fingerprint density at radius 3 is 2.71 bits per heavy atom. The van der Waals surface area contributed by atoms with Gasteiger partial charge in [-0.25, -0.2) is 9.83 Å². The fourth-order valence-corrected chi connectivity index (χ4v) is 1.80. The summed E-state index contributed by atoms with van der Waals surface area (Å²) in [6.45, 7) is 6.97. The van der Waals surface area contributed by atoms with E-state index in [-0.39, 0.29) is 6.61 Å². The molecule has 1 heterocycles. The van der Waals surface area contributed by atoms with Gasteiger partial charge in [-0.1, -0.05) is 11.5 Å². The van der Waals surface area contributed by atoms with Crippen molar-refractivity contribution in [2.75, 3.05) is 19.0 Å². The van der Waals surface area contributed by atoms with Crippen LogP contribution in [-0.4, -0.2) is 32.0 Å². The highest BCUT2D eigenvalue weighted by molar-refractivity contribution is 6.33. The summed E-state index contributed by atoms with van der Waals surface area (Å²) in [5.41, 5.74) is 1.56. The molecule has 0 spiro atoms. The van der Waals surface area contributed by atoms with Gasteiger partial charge in [-0.05, 0) is 29.8 Å². The summed E-state index contributed by atoms with van der Waals surface area (Å²) in [5, 5.41) is 9.20. The topological polar surface area (TPSA) is 50.0 Å². The molecule has 0 aliphatic carbocycles. The second kappa shape index (κ2) is 6.29. The highest BCUT2D eigenvalue weighted by Gasteiger charge is 2.09. The Morgan fingerprint density at radius 1 is 1.33 bits per heavy atom. The lowest BCUT2D eigenvalue weighted by atomic mass is 9.91. The minimum atomic E-state index is -0.157. The van der Waals surface area contributed by atoms with E-state index in [1.807, 2.05) is 14.1 Å². The molecule has 1 aromatic heterocycles. The first kappa shape index (κ1) is 14.9. The van der Waals surface area contributed by atoms with Crippen molar-refractivity contribution >= 4 is 24.8 Å². The number of pyridine rings is 1. The summed E-state index contributed by atoms with van der Waals surface area (Å²) < 4.78 is 5.66. The maximum Gasteiger partial charge on any atom is 0.228 e. The Labute approximate surface area is 125 Å². The Kier molecular flexibility index (Phi) is 4.46. The van der Waals surface area contributed by atoms with Gasteiger partial charge in [0.15, 0.2) is 0 Å². The maximum absolute atomic E-state index is 9.20. The molecule has 0 aliphatic rings. The number of nitrogens with zero attached hydrogens (tertiary/aromatic N) is 3. The highest BCUT2D eigenvalue weighted by atomic mass is 16.5. The van der Waals surface area contributed by atoms with E-state index >= 15 is 0 Å². The van der Waals surface area contributed by atoms with E-state index in [2.05, 4.69) is 9.83 Å². The molecule has 21 heavy (non-hydrogen) atoms. The van der Waals surface area contributed by atoms with Crippen LogP contribution in [0.2, 0.25) is 0 Å². The van der Waals surface area contributed by atoms with Crippen molar-refractivity contribution in [2.45, 2.75) is 6.61 Å². The van der Waals surface area contributed by atoms with Crippen LogP contribution in [0.1, 0.15) is 5.56 Å². The van der Waals surface area contributed by atoms with Crippen LogP contribution < -0.4 is 15.1 Å². The number of aliphatic hydroxyl groups is 1. The second-order valence-corrected chi connectivity index (χ2v) is 4.62. The van der Waals surface area contributed by atoms with Gasteiger partial charge >= 0.3 is 0 Å². The molecule has 2 aromatic rings. The van der Waals surface area contributed by atoms with Crippen LogP contribution in [0.4, 0.5) is 11.5 Å². The number of hydrogen-bond acceptors (Lipinski definition) is 4. The zero-order chi connectivity index (χ0) is 15.4. The number of anilines is 1. The van der Waals surface area contributed by atoms with Crippen molar-refractivity contribution in [2.24, 2.45) is 0 Å². The van der Waals surface area contributed by atoms with E-state index in [0.29, 0.717) is 34.2 Å². The van der Waals surface area contributed by atoms with Crippen LogP contribution in [0.3, 0.4) is 0 Å². The van der Waals surface area contributed by atoms with Gasteiger partial charge in [0.1, 0.15) is 19.4 Å². The summed E-state index contributed by atoms with van der Waals surface area (Å²) in [4.78, 5) is 9.48. The van der Waals surface area contributed by atoms with Crippen molar-refractivity contribution in [3.05, 3.63) is 47.3 Å². The van der Waals surface area contributed by atoms with Crippen molar-refractivity contribution in [1.82, 2.24) is 4.98 Å². The highest BCUT2D eigenvalue weighted by Crippen LogP contribution is 2.29. The molecule has 1 N–H and O–H groups in total. The molecule has 0 aliphatic heterocycles. The monoisotopic (exact) mass is 279 g/mol. The Morgan fingerprint density at radius 2 is 2.10 bits per heavy atom. The molecule has 0 saturated heterocycles. The molecule has 104 valence electrons. The third-order valence-corrected chi connectivity index (χ3v) is 2.88. The lowest BCUT2D eigenvalue weighted by molar-refractivity contribution is 0.282. The van der Waals surface area contributed by atoms with Crippen LogP contribution in [0.5, 0.6) is 11.6 Å². The fraction of sp³-hybridized carbons (Fsp3) is 0.200. The van der Waals surface area contributed by atoms with E-state index in [0.717, 1.165) is 0 Å². The fourth-order valence-electron chi connectivity index (χ4n) is 1.80. The molecule has 0 bridgehead atoms. The number of rotatable bonds is 4. The molecule has 2 rings (SSSR count). The van der Waals surface area contributed by atoms with Crippen molar-refractivity contribution in [3.8, 4) is 11.6 Å². The normalized spacial score (nSPS) is 10.0. The van der Waals surface area contributed by atoms with E-state index in [1.165, 1.54) is 0 Å². The first-order valence-electron chi connectivity index (χ1n) is 6.28. The Balaban J connectivity index is 2.32. The van der Waals surface area contributed by atoms with Crippen LogP contribution >= 0.6 is 0 Å². The summed E-state index contributed by atoms with van der Waals surface area (Å²) in [7, 11) is 9.35. The SMILES string of the molecule is [B]c1ccc(Oc2ccc([N+]#[C-])c(N(C)C)n2)cc1CO. The summed E-state index contributed by atoms with van der Waals surface area (Å²) in [6.07, 6.45) is 0. The van der Waals surface area contributed by atoms with Gasteiger partial charge in [0, 0.05) is 14.1 Å². The number of aliphatic hydroxyl groups excluding tert-OH is 1. The summed E-state index contributed by atoms with van der Waals surface area (Å²) >= 11 is 0. The molecule has 2 radical (unpaired) electrons. The molecule has 0 fully saturated rings. The largest absolute Gasteiger partial charge is 0.439 e. The first-order valence-corrected chi connectivity index (χ1v) is 6.28. The number of benzene rings is 1. The molecule has 6 heteroatoms. The van der Waals surface area contributed by atoms with Gasteiger partial charge in [0.25, 0.3) is 0 Å². The molecule has 0 unspecified atom stereocenters. The smallest absolute Gasteiger partial charge is 0.228 e. The van der Waals surface area contributed by atoms with E-state index in [9.17, 15) is 5.11 Å². The van der Waals surface area contributed by atoms with Crippen molar-refractivity contribution < 1.29 is 9.84 Å². The molecule has 0 saturated carbocycles. The van der Waals surface area contributed by atoms with Gasteiger partial charge in [0.05, 0.1) is 13.2 Å². The molecule has 5 nitrogen and oxygen atoms in total. The predicted molar refractivity (Wildman–Crippen MR) is 82.7 cm³/mol. The number of hydrogen-bond donors (Lipinski definition) is 1. The first-order chi connectivity index (χ1) is 10.0. The lowest BCUT2D eigenvalue weighted by Crippen LogP contribution is -2.11. The van der Waals surface area contributed by atoms with Gasteiger partial charge in [-0.15, -0.1) is 0 Å². The van der Waals surface area contributed by atoms with Gasteiger partial charge in [-0.3, -0.25) is 0 Å². The number of aromatic nitrogens is 1. The zero-order valence-electron chi connectivity index (χ0n) is 11.9. The molecule has 1 aromatic carbocycles. The predicted octanol–water partition coefficient (Wildman–Crippen LogP) is 1.78. The third-order valence-electron chi connectivity index (χ3n) is 2.88. The van der Waals surface area contributed by atoms with Crippen LogP contribution in [-0.2, 0) is 6.61 Å². The van der Waals surface area contributed by atoms with E-state index in [4.69, 9.17) is 19.2 Å². The quantitative estimate of drug-likeness (QED) is 0.684. The molecular formula is C15H14BN3O2. The molecule has 0 atom stereocenters. The standard InChI is InChI=1S/C15H14BN3O2/c1-17-13-6-7-14(18-15(13)19(2)3)21-11-4-5-12(16)10(8-11)9-20/h4-8,20H,9H2,2-3H3. The van der Waals surface area contributed by atoms with Gasteiger partial charge < -0.3 is 14.7 Å². The van der Waals surface area contributed by atoms with Crippen LogP contribution in [0, 0.1) is 6.57 Å². The maximum atomic E-state index is 9.20. The molecule has 0 amide bonds. The number of ether oxygens (including phenoxy) is 1. The summed E-state index contributed by atoms with van der Waals surface area (Å²) in [5.74, 6) is 1.45. The zero-order valence-corrected chi connectivity index (χ0v) is 11.9.